The summed E-state index contributed by atoms with van der Waals surface area (Å²) in [5, 5.41) is 2.80. The monoisotopic (exact) mass is 397 g/mol. The molecule has 1 heterocycles. The Morgan fingerprint density at radius 2 is 1.69 bits per heavy atom. The van der Waals surface area contributed by atoms with Gasteiger partial charge >= 0.3 is 0 Å². The molecule has 0 aliphatic carbocycles. The van der Waals surface area contributed by atoms with Crippen LogP contribution in [0, 0.1) is 0 Å². The van der Waals surface area contributed by atoms with Crippen molar-refractivity contribution in [2.24, 2.45) is 0 Å². The van der Waals surface area contributed by atoms with Crippen LogP contribution in [0.4, 0.5) is 5.69 Å². The van der Waals surface area contributed by atoms with Crippen LogP contribution >= 0.6 is 0 Å². The van der Waals surface area contributed by atoms with E-state index in [9.17, 15) is 14.4 Å². The molecule has 1 saturated heterocycles. The van der Waals surface area contributed by atoms with E-state index in [2.05, 4.69) is 5.32 Å². The molecule has 1 N–H and O–H groups in total. The Kier molecular flexibility index (Phi) is 6.33. The summed E-state index contributed by atoms with van der Waals surface area (Å²) in [5.41, 5.74) is 1.25. The van der Waals surface area contributed by atoms with Crippen LogP contribution in [0.2, 0.25) is 0 Å². The predicted octanol–water partition coefficient (Wildman–Crippen LogP) is 1.87. The number of piperazine rings is 1. The number of ether oxygens (including phenoxy) is 2. The fourth-order valence-electron chi connectivity index (χ4n) is 3.11. The van der Waals surface area contributed by atoms with Gasteiger partial charge in [0, 0.05) is 43.4 Å². The van der Waals surface area contributed by atoms with E-state index in [4.69, 9.17) is 9.47 Å². The third-order valence-corrected chi connectivity index (χ3v) is 4.78. The second-order valence-electron chi connectivity index (χ2n) is 6.53. The standard InChI is InChI=1S/C21H23N3O5/c1-28-17-6-7-19(29-2)18(13-17)22-20(26)15-4-3-5-16(12-15)21(27)24-10-8-23(14-25)9-11-24/h3-7,12-14H,8-11H2,1-2H3,(H,22,26). The highest BCUT2D eigenvalue weighted by molar-refractivity contribution is 6.06. The molecule has 3 rings (SSSR count). The third kappa shape index (κ3) is 4.66. The molecule has 0 bridgehead atoms. The smallest absolute Gasteiger partial charge is 0.255 e. The van der Waals surface area contributed by atoms with Crippen molar-refractivity contribution < 1.29 is 23.9 Å². The molecular weight excluding hydrogens is 374 g/mol. The van der Waals surface area contributed by atoms with Gasteiger partial charge in [0.05, 0.1) is 19.9 Å². The van der Waals surface area contributed by atoms with Crippen LogP contribution in [0.15, 0.2) is 42.5 Å². The van der Waals surface area contributed by atoms with Gasteiger partial charge in [-0.05, 0) is 30.3 Å². The Labute approximate surface area is 169 Å². The van der Waals surface area contributed by atoms with Gasteiger partial charge in [0.2, 0.25) is 6.41 Å². The number of hydrogen-bond donors (Lipinski definition) is 1. The minimum absolute atomic E-state index is 0.163. The van der Waals surface area contributed by atoms with E-state index in [1.54, 1.807) is 52.3 Å². The first kappa shape index (κ1) is 20.2. The Morgan fingerprint density at radius 1 is 0.966 bits per heavy atom. The van der Waals surface area contributed by atoms with Gasteiger partial charge in [-0.25, -0.2) is 0 Å². The number of nitrogens with one attached hydrogen (secondary N) is 1. The molecule has 0 aromatic heterocycles. The van der Waals surface area contributed by atoms with Crippen LogP contribution in [0.3, 0.4) is 0 Å². The molecule has 29 heavy (non-hydrogen) atoms. The van der Waals surface area contributed by atoms with Gasteiger partial charge in [-0.15, -0.1) is 0 Å². The normalized spacial score (nSPS) is 13.6. The number of anilines is 1. The summed E-state index contributed by atoms with van der Waals surface area (Å²) >= 11 is 0. The van der Waals surface area contributed by atoms with Gasteiger partial charge < -0.3 is 24.6 Å². The maximum absolute atomic E-state index is 12.8. The fourth-order valence-corrected chi connectivity index (χ4v) is 3.11. The molecule has 0 saturated carbocycles. The molecule has 1 aliphatic rings. The largest absolute Gasteiger partial charge is 0.497 e. The zero-order valence-corrected chi connectivity index (χ0v) is 16.4. The van der Waals surface area contributed by atoms with Crippen molar-refractivity contribution >= 4 is 23.9 Å². The number of carbonyl (C=O) groups excluding carboxylic acids is 3. The summed E-state index contributed by atoms with van der Waals surface area (Å²) in [4.78, 5) is 39.6. The summed E-state index contributed by atoms with van der Waals surface area (Å²) in [6, 6.07) is 11.7. The van der Waals surface area contributed by atoms with Crippen molar-refractivity contribution in [3.8, 4) is 11.5 Å². The van der Waals surface area contributed by atoms with Crippen molar-refractivity contribution in [1.82, 2.24) is 9.80 Å². The maximum atomic E-state index is 12.8. The number of carbonyl (C=O) groups is 3. The molecule has 0 spiro atoms. The molecule has 0 atom stereocenters. The summed E-state index contributed by atoms with van der Waals surface area (Å²) in [6.07, 6.45) is 0.791. The molecule has 1 aliphatic heterocycles. The van der Waals surface area contributed by atoms with Crippen LogP contribution in [-0.4, -0.2) is 68.4 Å². The molecule has 0 unspecified atom stereocenters. The summed E-state index contributed by atoms with van der Waals surface area (Å²) in [6.45, 7) is 1.94. The van der Waals surface area contributed by atoms with Gasteiger partial charge in [-0.3, -0.25) is 14.4 Å². The van der Waals surface area contributed by atoms with Crippen molar-refractivity contribution in [3.63, 3.8) is 0 Å². The van der Waals surface area contributed by atoms with Crippen molar-refractivity contribution in [1.29, 1.82) is 0 Å². The SMILES string of the molecule is COc1ccc(OC)c(NC(=O)c2cccc(C(=O)N3CCN(C=O)CC3)c2)c1. The number of rotatable bonds is 6. The van der Waals surface area contributed by atoms with E-state index >= 15 is 0 Å². The quantitative estimate of drug-likeness (QED) is 0.752. The first-order valence-electron chi connectivity index (χ1n) is 9.17. The first-order chi connectivity index (χ1) is 14.0. The zero-order valence-electron chi connectivity index (χ0n) is 16.4. The first-order valence-corrected chi connectivity index (χ1v) is 9.17. The lowest BCUT2D eigenvalue weighted by molar-refractivity contribution is -0.119. The number of amides is 3. The number of nitrogens with zero attached hydrogens (tertiary/aromatic N) is 2. The Balaban J connectivity index is 1.75. The molecule has 3 amide bonds. The van der Waals surface area contributed by atoms with E-state index in [0.717, 1.165) is 6.41 Å². The van der Waals surface area contributed by atoms with E-state index in [0.29, 0.717) is 54.5 Å². The Bertz CT molecular complexity index is 907. The van der Waals surface area contributed by atoms with E-state index in [-0.39, 0.29) is 11.8 Å². The van der Waals surface area contributed by atoms with Crippen LogP contribution in [0.25, 0.3) is 0 Å². The van der Waals surface area contributed by atoms with Crippen LogP contribution < -0.4 is 14.8 Å². The van der Waals surface area contributed by atoms with Crippen molar-refractivity contribution in [3.05, 3.63) is 53.6 Å². The summed E-state index contributed by atoms with van der Waals surface area (Å²) < 4.78 is 10.5. The molecule has 2 aromatic carbocycles. The van der Waals surface area contributed by atoms with Crippen molar-refractivity contribution in [2.75, 3.05) is 45.7 Å². The van der Waals surface area contributed by atoms with Gasteiger partial charge in [0.15, 0.2) is 0 Å². The number of benzene rings is 2. The molecule has 152 valence electrons. The highest BCUT2D eigenvalue weighted by Gasteiger charge is 2.22. The van der Waals surface area contributed by atoms with Gasteiger partial charge in [-0.1, -0.05) is 6.07 Å². The number of methoxy groups -OCH3 is 2. The topological polar surface area (TPSA) is 88.2 Å². The van der Waals surface area contributed by atoms with Crippen molar-refractivity contribution in [2.45, 2.75) is 0 Å². The predicted molar refractivity (Wildman–Crippen MR) is 107 cm³/mol. The van der Waals surface area contributed by atoms with Gasteiger partial charge in [0.25, 0.3) is 11.8 Å². The second-order valence-corrected chi connectivity index (χ2v) is 6.53. The van der Waals surface area contributed by atoms with E-state index < -0.39 is 0 Å². The highest BCUT2D eigenvalue weighted by Crippen LogP contribution is 2.29. The zero-order chi connectivity index (χ0) is 20.8. The van der Waals surface area contributed by atoms with E-state index in [1.807, 2.05) is 0 Å². The van der Waals surface area contributed by atoms with Gasteiger partial charge in [0.1, 0.15) is 11.5 Å². The van der Waals surface area contributed by atoms with Crippen LogP contribution in [0.1, 0.15) is 20.7 Å². The summed E-state index contributed by atoms with van der Waals surface area (Å²) in [7, 11) is 3.05. The molecule has 8 heteroatoms. The van der Waals surface area contributed by atoms with Crippen LogP contribution in [-0.2, 0) is 4.79 Å². The highest BCUT2D eigenvalue weighted by atomic mass is 16.5. The minimum atomic E-state index is -0.364. The summed E-state index contributed by atoms with van der Waals surface area (Å²) in [5.74, 6) is 0.556. The number of hydrogen-bond acceptors (Lipinski definition) is 5. The van der Waals surface area contributed by atoms with Crippen LogP contribution in [0.5, 0.6) is 11.5 Å². The molecule has 8 nitrogen and oxygen atoms in total. The maximum Gasteiger partial charge on any atom is 0.255 e. The van der Waals surface area contributed by atoms with E-state index in [1.165, 1.54) is 14.2 Å². The Hall–Kier alpha value is -3.55. The third-order valence-electron chi connectivity index (χ3n) is 4.78. The fraction of sp³-hybridized carbons (Fsp3) is 0.286. The lowest BCUT2D eigenvalue weighted by Gasteiger charge is -2.32. The lowest BCUT2D eigenvalue weighted by Crippen LogP contribution is -2.48. The molecule has 2 aromatic rings. The molecule has 0 radical (unpaired) electrons. The Morgan fingerprint density at radius 3 is 2.34 bits per heavy atom. The van der Waals surface area contributed by atoms with Gasteiger partial charge in [-0.2, -0.15) is 0 Å². The minimum Gasteiger partial charge on any atom is -0.497 e. The average molecular weight is 397 g/mol. The molecular formula is C21H23N3O5. The lowest BCUT2D eigenvalue weighted by atomic mass is 10.1. The second kappa shape index (κ2) is 9.09. The average Bonchev–Trinajstić information content (AvgIpc) is 2.78. The molecule has 1 fully saturated rings.